The maximum Gasteiger partial charge on any atom is 0.243 e. The third-order valence-corrected chi connectivity index (χ3v) is 5.49. The molecule has 7 nitrogen and oxygen atoms in total. The van der Waals surface area contributed by atoms with Gasteiger partial charge >= 0.3 is 0 Å². The van der Waals surface area contributed by atoms with Gasteiger partial charge in [-0.15, -0.1) is 0 Å². The number of nitrogens with two attached hydrogens (primary N) is 1. The van der Waals surface area contributed by atoms with E-state index in [-0.39, 0.29) is 23.8 Å². The molecule has 0 spiro atoms. The molecule has 1 unspecified atom stereocenters. The molecule has 2 atom stereocenters. The van der Waals surface area contributed by atoms with Crippen LogP contribution in [0.25, 0.3) is 0 Å². The normalized spacial score (nSPS) is 16.0. The van der Waals surface area contributed by atoms with Crippen LogP contribution in [0.5, 0.6) is 0 Å². The molecular formula is C25H33N3O4. The third kappa shape index (κ3) is 7.07. The number of rotatable bonds is 10. The SMILES string of the molecule is CC(C)[C@H](NC(=O)CCc1ccc(N)cc1)C(=O)NC(Cc1ccccc1)C1OCCO1. The van der Waals surface area contributed by atoms with Crippen molar-refractivity contribution in [1.29, 1.82) is 0 Å². The van der Waals surface area contributed by atoms with Crippen molar-refractivity contribution >= 4 is 17.5 Å². The maximum absolute atomic E-state index is 13.1. The molecule has 1 heterocycles. The van der Waals surface area contributed by atoms with E-state index >= 15 is 0 Å². The van der Waals surface area contributed by atoms with Crippen molar-refractivity contribution in [3.05, 3.63) is 65.7 Å². The van der Waals surface area contributed by atoms with Crippen molar-refractivity contribution in [2.24, 2.45) is 5.92 Å². The van der Waals surface area contributed by atoms with Gasteiger partial charge in [0.1, 0.15) is 6.04 Å². The molecule has 0 aromatic heterocycles. The topological polar surface area (TPSA) is 103 Å². The van der Waals surface area contributed by atoms with Crippen molar-refractivity contribution in [3.8, 4) is 0 Å². The van der Waals surface area contributed by atoms with Gasteiger partial charge in [0.15, 0.2) is 6.29 Å². The molecule has 0 radical (unpaired) electrons. The Hall–Kier alpha value is -2.90. The van der Waals surface area contributed by atoms with E-state index in [9.17, 15) is 9.59 Å². The first-order valence-electron chi connectivity index (χ1n) is 11.1. The molecule has 1 saturated heterocycles. The van der Waals surface area contributed by atoms with E-state index in [1.165, 1.54) is 0 Å². The molecule has 4 N–H and O–H groups in total. The molecule has 7 heteroatoms. The number of hydrogen-bond donors (Lipinski definition) is 3. The Kier molecular flexibility index (Phi) is 8.64. The number of anilines is 1. The van der Waals surface area contributed by atoms with Crippen LogP contribution in [0.3, 0.4) is 0 Å². The van der Waals surface area contributed by atoms with Crippen molar-refractivity contribution in [3.63, 3.8) is 0 Å². The van der Waals surface area contributed by atoms with Crippen LogP contribution in [-0.4, -0.2) is 43.4 Å². The van der Waals surface area contributed by atoms with Gasteiger partial charge in [0.05, 0.1) is 19.3 Å². The lowest BCUT2D eigenvalue weighted by Crippen LogP contribution is -2.55. The summed E-state index contributed by atoms with van der Waals surface area (Å²) in [6.45, 7) is 4.83. The first kappa shape index (κ1) is 23.8. The lowest BCUT2D eigenvalue weighted by molar-refractivity contribution is -0.133. The summed E-state index contributed by atoms with van der Waals surface area (Å²) in [5.74, 6) is -0.470. The van der Waals surface area contributed by atoms with Crippen LogP contribution in [0.1, 0.15) is 31.4 Å². The van der Waals surface area contributed by atoms with Crippen LogP contribution in [0.2, 0.25) is 0 Å². The highest BCUT2D eigenvalue weighted by Crippen LogP contribution is 2.15. The Morgan fingerprint density at radius 1 is 0.969 bits per heavy atom. The van der Waals surface area contributed by atoms with Crippen molar-refractivity contribution in [2.45, 2.75) is 51.5 Å². The Morgan fingerprint density at radius 3 is 2.25 bits per heavy atom. The van der Waals surface area contributed by atoms with Crippen LogP contribution in [0.4, 0.5) is 5.69 Å². The van der Waals surface area contributed by atoms with Crippen molar-refractivity contribution in [1.82, 2.24) is 10.6 Å². The van der Waals surface area contributed by atoms with Gasteiger partial charge in [-0.2, -0.15) is 0 Å². The Morgan fingerprint density at radius 2 is 1.62 bits per heavy atom. The minimum Gasteiger partial charge on any atom is -0.399 e. The van der Waals surface area contributed by atoms with Crippen molar-refractivity contribution in [2.75, 3.05) is 18.9 Å². The zero-order valence-electron chi connectivity index (χ0n) is 18.8. The molecular weight excluding hydrogens is 406 g/mol. The molecule has 1 aliphatic heterocycles. The fourth-order valence-electron chi connectivity index (χ4n) is 3.69. The molecule has 0 saturated carbocycles. The number of benzene rings is 2. The average molecular weight is 440 g/mol. The smallest absolute Gasteiger partial charge is 0.243 e. The summed E-state index contributed by atoms with van der Waals surface area (Å²) >= 11 is 0. The standard InChI is InChI=1S/C25H33N3O4/c1-17(2)23(28-22(29)13-10-18-8-11-20(26)12-9-18)24(30)27-21(25-31-14-15-32-25)16-19-6-4-3-5-7-19/h3-9,11-12,17,21,23,25H,10,13-16,26H2,1-2H3,(H,27,30)(H,28,29)/t21?,23-/m0/s1. The van der Waals surface area contributed by atoms with Crippen LogP contribution in [-0.2, 0) is 31.9 Å². The maximum atomic E-state index is 13.1. The van der Waals surface area contributed by atoms with E-state index in [4.69, 9.17) is 15.2 Å². The summed E-state index contributed by atoms with van der Waals surface area (Å²) in [6, 6.07) is 16.3. The summed E-state index contributed by atoms with van der Waals surface area (Å²) in [7, 11) is 0. The van der Waals surface area contributed by atoms with E-state index < -0.39 is 12.3 Å². The molecule has 32 heavy (non-hydrogen) atoms. The largest absolute Gasteiger partial charge is 0.399 e. The van der Waals surface area contributed by atoms with E-state index in [0.29, 0.717) is 38.2 Å². The summed E-state index contributed by atoms with van der Waals surface area (Å²) < 4.78 is 11.3. The minimum atomic E-state index is -0.645. The van der Waals surface area contributed by atoms with E-state index in [1.807, 2.05) is 68.4 Å². The molecule has 2 aromatic rings. The lowest BCUT2D eigenvalue weighted by atomic mass is 10.0. The van der Waals surface area contributed by atoms with Gasteiger partial charge in [-0.3, -0.25) is 9.59 Å². The molecule has 172 valence electrons. The number of nitrogen functional groups attached to an aromatic ring is 1. The van der Waals surface area contributed by atoms with Crippen molar-refractivity contribution < 1.29 is 19.1 Å². The quantitative estimate of drug-likeness (QED) is 0.494. The summed E-state index contributed by atoms with van der Waals surface area (Å²) in [6.07, 6.45) is 0.947. The Labute approximate surface area is 189 Å². The van der Waals surface area contributed by atoms with Gasteiger partial charge in [-0.05, 0) is 42.0 Å². The first-order valence-corrected chi connectivity index (χ1v) is 11.1. The van der Waals surface area contributed by atoms with Gasteiger partial charge in [-0.1, -0.05) is 56.3 Å². The van der Waals surface area contributed by atoms with Gasteiger partial charge in [-0.25, -0.2) is 0 Å². The number of carbonyl (C=O) groups is 2. The predicted molar refractivity (Wildman–Crippen MR) is 124 cm³/mol. The second-order valence-corrected chi connectivity index (χ2v) is 8.45. The molecule has 0 aliphatic carbocycles. The highest BCUT2D eigenvalue weighted by Gasteiger charge is 2.32. The van der Waals surface area contributed by atoms with E-state index in [0.717, 1.165) is 11.1 Å². The molecule has 2 amide bonds. The van der Waals surface area contributed by atoms with E-state index in [1.54, 1.807) is 0 Å². The highest BCUT2D eigenvalue weighted by atomic mass is 16.7. The summed E-state index contributed by atoms with van der Waals surface area (Å²) in [4.78, 5) is 25.7. The second kappa shape index (κ2) is 11.6. The predicted octanol–water partition coefficient (Wildman–Crippen LogP) is 2.44. The molecule has 1 fully saturated rings. The third-order valence-electron chi connectivity index (χ3n) is 5.49. The minimum absolute atomic E-state index is 0.0711. The van der Waals surface area contributed by atoms with Crippen LogP contribution >= 0.6 is 0 Å². The molecule has 3 rings (SSSR count). The molecule has 1 aliphatic rings. The van der Waals surface area contributed by atoms with E-state index in [2.05, 4.69) is 10.6 Å². The monoisotopic (exact) mass is 439 g/mol. The zero-order valence-corrected chi connectivity index (χ0v) is 18.8. The Balaban J connectivity index is 1.60. The first-order chi connectivity index (χ1) is 15.4. The van der Waals surface area contributed by atoms with Gasteiger partial charge in [0.25, 0.3) is 0 Å². The lowest BCUT2D eigenvalue weighted by Gasteiger charge is -2.28. The van der Waals surface area contributed by atoms with Crippen LogP contribution in [0, 0.1) is 5.92 Å². The van der Waals surface area contributed by atoms with Gasteiger partial charge < -0.3 is 25.8 Å². The number of nitrogens with one attached hydrogen (secondary N) is 2. The summed E-state index contributed by atoms with van der Waals surface area (Å²) in [5, 5.41) is 5.96. The number of amides is 2. The fraction of sp³-hybridized carbons (Fsp3) is 0.440. The van der Waals surface area contributed by atoms with Gasteiger partial charge in [0, 0.05) is 12.1 Å². The fourth-order valence-corrected chi connectivity index (χ4v) is 3.69. The second-order valence-electron chi connectivity index (χ2n) is 8.45. The van der Waals surface area contributed by atoms with Crippen LogP contribution in [0.15, 0.2) is 54.6 Å². The number of ether oxygens (including phenoxy) is 2. The average Bonchev–Trinajstić information content (AvgIpc) is 3.32. The Bertz CT molecular complexity index is 865. The number of hydrogen-bond acceptors (Lipinski definition) is 5. The summed E-state index contributed by atoms with van der Waals surface area (Å²) in [5.41, 5.74) is 8.50. The number of aryl methyl sites for hydroxylation is 1. The number of carbonyl (C=O) groups excluding carboxylic acids is 2. The highest BCUT2D eigenvalue weighted by molar-refractivity contribution is 5.88. The van der Waals surface area contributed by atoms with Crippen LogP contribution < -0.4 is 16.4 Å². The van der Waals surface area contributed by atoms with Gasteiger partial charge in [0.2, 0.25) is 11.8 Å². The molecule has 2 aromatic carbocycles. The molecule has 0 bridgehead atoms. The zero-order chi connectivity index (χ0) is 22.9.